The number of carboxylic acid groups (broad SMARTS) is 1. The van der Waals surface area contributed by atoms with Crippen LogP contribution < -0.4 is 14.8 Å². The second-order valence-corrected chi connectivity index (χ2v) is 7.72. The van der Waals surface area contributed by atoms with Crippen molar-refractivity contribution < 1.29 is 28.9 Å². The van der Waals surface area contributed by atoms with Gasteiger partial charge >= 0.3 is 12.1 Å². The molecule has 0 fully saturated rings. The molecule has 1 unspecified atom stereocenters. The van der Waals surface area contributed by atoms with Gasteiger partial charge in [-0.3, -0.25) is 4.99 Å². The molecule has 0 saturated carbocycles. The summed E-state index contributed by atoms with van der Waals surface area (Å²) in [6.07, 6.45) is 1.04. The van der Waals surface area contributed by atoms with E-state index in [0.29, 0.717) is 17.1 Å². The molecule has 3 rings (SSSR count). The van der Waals surface area contributed by atoms with E-state index in [9.17, 15) is 14.7 Å². The van der Waals surface area contributed by atoms with Crippen molar-refractivity contribution in [3.05, 3.63) is 53.6 Å². The lowest BCUT2D eigenvalue weighted by Gasteiger charge is -2.27. The maximum Gasteiger partial charge on any atom is 0.408 e. The maximum absolute atomic E-state index is 12.6. The van der Waals surface area contributed by atoms with Gasteiger partial charge in [0, 0.05) is 23.8 Å². The first-order valence-electron chi connectivity index (χ1n) is 9.82. The number of fused-ring (bicyclic) bond motifs is 1. The minimum absolute atomic E-state index is 0.165. The summed E-state index contributed by atoms with van der Waals surface area (Å²) in [5.41, 5.74) is 1.33. The molecule has 0 radical (unpaired) electrons. The highest BCUT2D eigenvalue weighted by atomic mass is 16.6. The summed E-state index contributed by atoms with van der Waals surface area (Å²) in [6, 6.07) is 11.6. The number of aliphatic carboxylic acids is 1. The van der Waals surface area contributed by atoms with Gasteiger partial charge in [0.2, 0.25) is 0 Å². The van der Waals surface area contributed by atoms with Gasteiger partial charge in [0.25, 0.3) is 0 Å². The standard InChI is InChI=1S/C23H26N2O6/c1-23(2,15-10-16(29-3)12-17(11-15)30-4)31-22(28)25-20(21(26)27)9-14-13-24-19-8-6-5-7-18(14)19/h5-8,10-14,20H,9H2,1-4H3,(H,25,28)(H,26,27)/t14?,20-/m0/s1. The largest absolute Gasteiger partial charge is 0.497 e. The van der Waals surface area contributed by atoms with E-state index in [1.807, 2.05) is 24.3 Å². The number of rotatable bonds is 8. The Morgan fingerprint density at radius 2 is 1.77 bits per heavy atom. The molecular weight excluding hydrogens is 400 g/mol. The van der Waals surface area contributed by atoms with Crippen LogP contribution in [0.4, 0.5) is 10.5 Å². The van der Waals surface area contributed by atoms with Crippen molar-refractivity contribution in [2.45, 2.75) is 37.8 Å². The molecule has 8 heteroatoms. The van der Waals surface area contributed by atoms with Crippen molar-refractivity contribution in [1.82, 2.24) is 5.32 Å². The quantitative estimate of drug-likeness (QED) is 0.661. The van der Waals surface area contributed by atoms with Crippen LogP contribution in [0.1, 0.15) is 37.3 Å². The lowest BCUT2D eigenvalue weighted by atomic mass is 9.94. The number of hydrogen-bond donors (Lipinski definition) is 2. The second kappa shape index (κ2) is 9.07. The van der Waals surface area contributed by atoms with Crippen LogP contribution in [0.2, 0.25) is 0 Å². The predicted octanol–water partition coefficient (Wildman–Crippen LogP) is 4.01. The molecule has 1 aliphatic rings. The third-order valence-electron chi connectivity index (χ3n) is 5.20. The molecule has 2 N–H and O–H groups in total. The van der Waals surface area contributed by atoms with Crippen LogP contribution in [0.5, 0.6) is 11.5 Å². The van der Waals surface area contributed by atoms with E-state index in [1.165, 1.54) is 14.2 Å². The average molecular weight is 426 g/mol. The van der Waals surface area contributed by atoms with Gasteiger partial charge in [-0.05, 0) is 44.0 Å². The summed E-state index contributed by atoms with van der Waals surface area (Å²) < 4.78 is 16.1. The van der Waals surface area contributed by atoms with Crippen LogP contribution in [0.25, 0.3) is 0 Å². The topological polar surface area (TPSA) is 106 Å². The highest BCUT2D eigenvalue weighted by molar-refractivity contribution is 5.84. The summed E-state index contributed by atoms with van der Waals surface area (Å²) in [6.45, 7) is 3.41. The molecule has 8 nitrogen and oxygen atoms in total. The highest BCUT2D eigenvalue weighted by Gasteiger charge is 2.31. The number of carboxylic acids is 1. The van der Waals surface area contributed by atoms with Crippen molar-refractivity contribution in [1.29, 1.82) is 0 Å². The van der Waals surface area contributed by atoms with Gasteiger partial charge in [0.1, 0.15) is 23.1 Å². The van der Waals surface area contributed by atoms with E-state index in [-0.39, 0.29) is 12.3 Å². The predicted molar refractivity (Wildman–Crippen MR) is 116 cm³/mol. The number of para-hydroxylation sites is 1. The highest BCUT2D eigenvalue weighted by Crippen LogP contribution is 2.35. The molecule has 1 heterocycles. The SMILES string of the molecule is COc1cc(OC)cc(C(C)(C)OC(=O)N[C@@H](CC2C=Nc3ccccc32)C(=O)O)c1. The van der Waals surface area contributed by atoms with E-state index >= 15 is 0 Å². The molecule has 2 aromatic carbocycles. The number of carbonyl (C=O) groups excluding carboxylic acids is 1. The van der Waals surface area contributed by atoms with Crippen molar-refractivity contribution >= 4 is 24.0 Å². The summed E-state index contributed by atoms with van der Waals surface area (Å²) >= 11 is 0. The Labute approximate surface area is 180 Å². The Morgan fingerprint density at radius 1 is 1.13 bits per heavy atom. The Morgan fingerprint density at radius 3 is 2.39 bits per heavy atom. The van der Waals surface area contributed by atoms with Crippen LogP contribution >= 0.6 is 0 Å². The molecule has 0 aromatic heterocycles. The fourth-order valence-electron chi connectivity index (χ4n) is 3.45. The Balaban J connectivity index is 1.70. The minimum Gasteiger partial charge on any atom is -0.497 e. The first-order valence-corrected chi connectivity index (χ1v) is 9.82. The van der Waals surface area contributed by atoms with Crippen molar-refractivity contribution in [2.75, 3.05) is 14.2 Å². The summed E-state index contributed by atoms with van der Waals surface area (Å²) in [5.74, 6) is -0.244. The van der Waals surface area contributed by atoms with E-state index in [2.05, 4.69) is 10.3 Å². The summed E-state index contributed by atoms with van der Waals surface area (Å²) in [5, 5.41) is 12.1. The van der Waals surface area contributed by atoms with Gasteiger partial charge in [-0.15, -0.1) is 0 Å². The number of aliphatic imine (C=N–C) groups is 1. The molecule has 0 saturated heterocycles. The fourth-order valence-corrected chi connectivity index (χ4v) is 3.45. The molecule has 2 aromatic rings. The Kier molecular flexibility index (Phi) is 6.48. The minimum atomic E-state index is -1.14. The molecule has 0 bridgehead atoms. The van der Waals surface area contributed by atoms with Gasteiger partial charge in [0.05, 0.1) is 19.9 Å². The zero-order valence-electron chi connectivity index (χ0n) is 17.9. The van der Waals surface area contributed by atoms with Gasteiger partial charge in [0.15, 0.2) is 0 Å². The number of benzene rings is 2. The van der Waals surface area contributed by atoms with Crippen molar-refractivity contribution in [3.63, 3.8) is 0 Å². The molecule has 1 aliphatic heterocycles. The number of amides is 1. The number of nitrogens with one attached hydrogen (secondary N) is 1. The summed E-state index contributed by atoms with van der Waals surface area (Å²) in [7, 11) is 3.06. The smallest absolute Gasteiger partial charge is 0.408 e. The monoisotopic (exact) mass is 426 g/mol. The van der Waals surface area contributed by atoms with Gasteiger partial charge in [-0.2, -0.15) is 0 Å². The van der Waals surface area contributed by atoms with Crippen LogP contribution in [0, 0.1) is 0 Å². The molecular formula is C23H26N2O6. The van der Waals surface area contributed by atoms with Crippen molar-refractivity contribution in [3.8, 4) is 11.5 Å². The van der Waals surface area contributed by atoms with Gasteiger partial charge < -0.3 is 24.6 Å². The fraction of sp³-hybridized carbons (Fsp3) is 0.348. The Bertz CT molecular complexity index is 979. The lowest BCUT2D eigenvalue weighted by molar-refractivity contribution is -0.139. The number of nitrogens with zero attached hydrogens (tertiary/aromatic N) is 1. The van der Waals surface area contributed by atoms with Crippen LogP contribution in [-0.4, -0.2) is 43.6 Å². The first-order chi connectivity index (χ1) is 14.7. The number of alkyl carbamates (subject to hydrolysis) is 1. The van der Waals surface area contributed by atoms with E-state index < -0.39 is 23.7 Å². The van der Waals surface area contributed by atoms with E-state index in [1.54, 1.807) is 38.3 Å². The molecule has 164 valence electrons. The second-order valence-electron chi connectivity index (χ2n) is 7.72. The van der Waals surface area contributed by atoms with Gasteiger partial charge in [-0.1, -0.05) is 18.2 Å². The zero-order chi connectivity index (χ0) is 22.6. The van der Waals surface area contributed by atoms with Gasteiger partial charge in [-0.25, -0.2) is 9.59 Å². The van der Waals surface area contributed by atoms with E-state index in [0.717, 1.165) is 11.3 Å². The molecule has 0 aliphatic carbocycles. The third kappa shape index (κ3) is 5.14. The third-order valence-corrected chi connectivity index (χ3v) is 5.20. The lowest BCUT2D eigenvalue weighted by Crippen LogP contribution is -2.44. The molecule has 1 amide bonds. The number of methoxy groups -OCH3 is 2. The zero-order valence-corrected chi connectivity index (χ0v) is 17.9. The van der Waals surface area contributed by atoms with Crippen LogP contribution in [0.15, 0.2) is 47.5 Å². The Hall–Kier alpha value is -3.55. The van der Waals surface area contributed by atoms with Crippen molar-refractivity contribution in [2.24, 2.45) is 4.99 Å². The first kappa shape index (κ1) is 22.1. The average Bonchev–Trinajstić information content (AvgIpc) is 3.15. The number of carbonyl (C=O) groups is 2. The number of ether oxygens (including phenoxy) is 3. The molecule has 2 atom stereocenters. The molecule has 0 spiro atoms. The van der Waals surface area contributed by atoms with E-state index in [4.69, 9.17) is 14.2 Å². The van der Waals surface area contributed by atoms with Crippen LogP contribution in [-0.2, 0) is 15.1 Å². The normalized spacial score (nSPS) is 15.7. The number of hydrogen-bond acceptors (Lipinski definition) is 6. The van der Waals surface area contributed by atoms with Crippen LogP contribution in [0.3, 0.4) is 0 Å². The maximum atomic E-state index is 12.6. The molecule has 31 heavy (non-hydrogen) atoms. The summed E-state index contributed by atoms with van der Waals surface area (Å²) in [4.78, 5) is 28.7.